The molecule has 8 heteroatoms. The highest BCUT2D eigenvalue weighted by molar-refractivity contribution is 5.97. The standard InChI is InChI=1S/C25H33N3O5/c1-16(2)12-21(24(29)26-19-6-8-20(31-3)9-7-19)27-25(30)28-11-10-17-13-22(32-4)23(33-5)14-18(17)15-28/h6-9,13-14,16,21H,10-12,15H2,1-5H3,(H,26,29)(H,27,30). The van der Waals surface area contributed by atoms with Crippen molar-refractivity contribution < 1.29 is 23.8 Å². The van der Waals surface area contributed by atoms with Crippen LogP contribution in [0.1, 0.15) is 31.4 Å². The fourth-order valence-corrected chi connectivity index (χ4v) is 3.90. The number of hydrogen-bond donors (Lipinski definition) is 2. The zero-order chi connectivity index (χ0) is 24.0. The lowest BCUT2D eigenvalue weighted by Gasteiger charge is -2.31. The maximum Gasteiger partial charge on any atom is 0.318 e. The molecule has 0 radical (unpaired) electrons. The summed E-state index contributed by atoms with van der Waals surface area (Å²) in [6.07, 6.45) is 1.24. The van der Waals surface area contributed by atoms with Crippen molar-refractivity contribution >= 4 is 17.6 Å². The van der Waals surface area contributed by atoms with E-state index in [0.29, 0.717) is 48.9 Å². The van der Waals surface area contributed by atoms with E-state index in [2.05, 4.69) is 10.6 Å². The molecule has 0 aromatic heterocycles. The number of rotatable bonds is 8. The molecule has 1 heterocycles. The normalized spacial score (nSPS) is 13.7. The number of methoxy groups -OCH3 is 3. The number of carbonyl (C=O) groups is 2. The summed E-state index contributed by atoms with van der Waals surface area (Å²) in [5, 5.41) is 5.83. The van der Waals surface area contributed by atoms with Crippen LogP contribution in [0, 0.1) is 5.92 Å². The number of benzene rings is 2. The summed E-state index contributed by atoms with van der Waals surface area (Å²) in [6, 6.07) is 10.1. The van der Waals surface area contributed by atoms with Gasteiger partial charge in [-0.1, -0.05) is 13.8 Å². The van der Waals surface area contributed by atoms with Gasteiger partial charge in [0.1, 0.15) is 11.8 Å². The fourth-order valence-electron chi connectivity index (χ4n) is 3.90. The zero-order valence-electron chi connectivity index (χ0n) is 19.9. The first-order valence-corrected chi connectivity index (χ1v) is 11.1. The maximum absolute atomic E-state index is 13.1. The van der Waals surface area contributed by atoms with E-state index >= 15 is 0 Å². The number of ether oxygens (including phenoxy) is 3. The van der Waals surface area contributed by atoms with E-state index in [-0.39, 0.29) is 17.9 Å². The molecule has 0 spiro atoms. The monoisotopic (exact) mass is 455 g/mol. The molecule has 0 aliphatic carbocycles. The van der Waals surface area contributed by atoms with Gasteiger partial charge >= 0.3 is 6.03 Å². The Balaban J connectivity index is 1.69. The number of hydrogen-bond acceptors (Lipinski definition) is 5. The van der Waals surface area contributed by atoms with Crippen LogP contribution in [0.5, 0.6) is 17.2 Å². The van der Waals surface area contributed by atoms with Crippen LogP contribution in [-0.4, -0.2) is 50.8 Å². The second kappa shape index (κ2) is 10.9. The number of nitrogens with one attached hydrogen (secondary N) is 2. The minimum Gasteiger partial charge on any atom is -0.497 e. The third-order valence-corrected chi connectivity index (χ3v) is 5.68. The minimum atomic E-state index is -0.647. The van der Waals surface area contributed by atoms with Crippen LogP contribution in [0.15, 0.2) is 36.4 Å². The van der Waals surface area contributed by atoms with Crippen molar-refractivity contribution in [2.24, 2.45) is 5.92 Å². The lowest BCUT2D eigenvalue weighted by atomic mass is 9.99. The number of nitrogens with zero attached hydrogens (tertiary/aromatic N) is 1. The van der Waals surface area contributed by atoms with Crippen molar-refractivity contribution in [3.63, 3.8) is 0 Å². The van der Waals surface area contributed by atoms with Crippen LogP contribution < -0.4 is 24.8 Å². The number of anilines is 1. The highest BCUT2D eigenvalue weighted by atomic mass is 16.5. The third kappa shape index (κ3) is 6.09. The average molecular weight is 456 g/mol. The van der Waals surface area contributed by atoms with E-state index < -0.39 is 6.04 Å². The second-order valence-corrected chi connectivity index (χ2v) is 8.50. The van der Waals surface area contributed by atoms with Crippen molar-refractivity contribution in [3.05, 3.63) is 47.5 Å². The van der Waals surface area contributed by atoms with E-state index in [4.69, 9.17) is 14.2 Å². The molecule has 0 bridgehead atoms. The predicted molar refractivity (Wildman–Crippen MR) is 127 cm³/mol. The summed E-state index contributed by atoms with van der Waals surface area (Å²) in [7, 11) is 4.79. The molecule has 1 aliphatic heterocycles. The van der Waals surface area contributed by atoms with Crippen molar-refractivity contribution in [2.75, 3.05) is 33.2 Å². The molecule has 2 aromatic carbocycles. The highest BCUT2D eigenvalue weighted by Gasteiger charge is 2.27. The molecule has 33 heavy (non-hydrogen) atoms. The fraction of sp³-hybridized carbons (Fsp3) is 0.440. The largest absolute Gasteiger partial charge is 0.497 e. The van der Waals surface area contributed by atoms with Gasteiger partial charge in [-0.05, 0) is 66.3 Å². The molecule has 0 saturated heterocycles. The van der Waals surface area contributed by atoms with Gasteiger partial charge in [0.25, 0.3) is 0 Å². The Morgan fingerprint density at radius 2 is 1.61 bits per heavy atom. The van der Waals surface area contributed by atoms with Gasteiger partial charge in [0, 0.05) is 18.8 Å². The molecule has 3 amide bonds. The van der Waals surface area contributed by atoms with Crippen molar-refractivity contribution in [3.8, 4) is 17.2 Å². The van der Waals surface area contributed by atoms with Gasteiger partial charge in [0.15, 0.2) is 11.5 Å². The van der Waals surface area contributed by atoms with Gasteiger partial charge < -0.3 is 29.7 Å². The van der Waals surface area contributed by atoms with Crippen molar-refractivity contribution in [1.82, 2.24) is 10.2 Å². The second-order valence-electron chi connectivity index (χ2n) is 8.50. The number of amides is 3. The predicted octanol–water partition coefficient (Wildman–Crippen LogP) is 3.83. The number of urea groups is 1. The first-order chi connectivity index (χ1) is 15.8. The van der Waals surface area contributed by atoms with E-state index in [0.717, 1.165) is 11.1 Å². The van der Waals surface area contributed by atoms with Crippen LogP contribution in [0.3, 0.4) is 0 Å². The minimum absolute atomic E-state index is 0.232. The van der Waals surface area contributed by atoms with Gasteiger partial charge in [-0.15, -0.1) is 0 Å². The molecular formula is C25H33N3O5. The first kappa shape index (κ1) is 24.2. The van der Waals surface area contributed by atoms with Crippen molar-refractivity contribution in [1.29, 1.82) is 0 Å². The van der Waals surface area contributed by atoms with Crippen LogP contribution >= 0.6 is 0 Å². The lowest BCUT2D eigenvalue weighted by Crippen LogP contribution is -2.51. The average Bonchev–Trinajstić information content (AvgIpc) is 2.82. The smallest absolute Gasteiger partial charge is 0.318 e. The Morgan fingerprint density at radius 1 is 0.970 bits per heavy atom. The lowest BCUT2D eigenvalue weighted by molar-refractivity contribution is -0.118. The van der Waals surface area contributed by atoms with E-state index in [1.165, 1.54) is 0 Å². The highest BCUT2D eigenvalue weighted by Crippen LogP contribution is 2.33. The molecule has 1 unspecified atom stereocenters. The molecule has 1 aliphatic rings. The summed E-state index contributed by atoms with van der Waals surface area (Å²) in [4.78, 5) is 27.8. The number of fused-ring (bicyclic) bond motifs is 1. The Morgan fingerprint density at radius 3 is 2.18 bits per heavy atom. The van der Waals surface area contributed by atoms with Crippen LogP contribution in [-0.2, 0) is 17.8 Å². The topological polar surface area (TPSA) is 89.1 Å². The van der Waals surface area contributed by atoms with Gasteiger partial charge in [-0.3, -0.25) is 4.79 Å². The summed E-state index contributed by atoms with van der Waals surface area (Å²) in [5.41, 5.74) is 2.79. The summed E-state index contributed by atoms with van der Waals surface area (Å²) < 4.78 is 15.9. The summed E-state index contributed by atoms with van der Waals surface area (Å²) >= 11 is 0. The molecule has 3 rings (SSSR count). The van der Waals surface area contributed by atoms with Gasteiger partial charge in [0.2, 0.25) is 5.91 Å². The first-order valence-electron chi connectivity index (χ1n) is 11.1. The van der Waals surface area contributed by atoms with Gasteiger partial charge in [-0.25, -0.2) is 4.79 Å². The third-order valence-electron chi connectivity index (χ3n) is 5.68. The van der Waals surface area contributed by atoms with Crippen molar-refractivity contribution in [2.45, 2.75) is 39.3 Å². The van der Waals surface area contributed by atoms with Gasteiger partial charge in [0.05, 0.1) is 21.3 Å². The van der Waals surface area contributed by atoms with Crippen LogP contribution in [0.4, 0.5) is 10.5 Å². The Labute approximate surface area is 195 Å². The molecular weight excluding hydrogens is 422 g/mol. The Hall–Kier alpha value is -3.42. The summed E-state index contributed by atoms with van der Waals surface area (Å²) in [6.45, 7) is 5.05. The maximum atomic E-state index is 13.1. The van der Waals surface area contributed by atoms with E-state index in [1.54, 1.807) is 50.5 Å². The summed E-state index contributed by atoms with van der Waals surface area (Å²) in [5.74, 6) is 2.01. The number of carbonyl (C=O) groups excluding carboxylic acids is 2. The zero-order valence-corrected chi connectivity index (χ0v) is 19.9. The SMILES string of the molecule is COc1ccc(NC(=O)C(CC(C)C)NC(=O)N2CCc3cc(OC)c(OC)cc3C2)cc1. The molecule has 0 fully saturated rings. The Kier molecular flexibility index (Phi) is 8.03. The molecule has 8 nitrogen and oxygen atoms in total. The quantitative estimate of drug-likeness (QED) is 0.632. The molecule has 1 atom stereocenters. The van der Waals surface area contributed by atoms with E-state index in [9.17, 15) is 9.59 Å². The Bertz CT molecular complexity index is 975. The molecule has 2 N–H and O–H groups in total. The van der Waals surface area contributed by atoms with Crippen LogP contribution in [0.25, 0.3) is 0 Å². The molecule has 0 saturated carbocycles. The van der Waals surface area contributed by atoms with Crippen LogP contribution in [0.2, 0.25) is 0 Å². The molecule has 178 valence electrons. The van der Waals surface area contributed by atoms with E-state index in [1.807, 2.05) is 26.0 Å². The van der Waals surface area contributed by atoms with Gasteiger partial charge in [-0.2, -0.15) is 0 Å². The molecule has 2 aromatic rings.